The molecule has 0 radical (unpaired) electrons. The molecule has 0 aliphatic rings. The molecule has 0 spiro atoms. The van der Waals surface area contributed by atoms with Crippen LogP contribution in [0.2, 0.25) is 0 Å². The van der Waals surface area contributed by atoms with Crippen LogP contribution in [-0.2, 0) is 4.57 Å². The first-order valence-electron chi connectivity index (χ1n) is 3.07. The summed E-state index contributed by atoms with van der Waals surface area (Å²) in [5.41, 5.74) is 0. The van der Waals surface area contributed by atoms with Crippen LogP contribution in [0.4, 0.5) is 0 Å². The van der Waals surface area contributed by atoms with Crippen molar-refractivity contribution in [1.29, 1.82) is 0 Å². The Kier molecular flexibility index (Phi) is 38.1. The molecule has 0 fully saturated rings. The summed E-state index contributed by atoms with van der Waals surface area (Å²) < 4.78 is 8.55. The number of phosphoric acid groups is 1. The van der Waals surface area contributed by atoms with Gasteiger partial charge in [-0.15, -0.1) is 0 Å². The minimum atomic E-state index is -5.39. The number of hydrogen-bond donors (Lipinski definition) is 6. The molecule has 0 bridgehead atoms. The maximum Gasteiger partial charge on any atom is 0.0555 e. The fraction of sp³-hybridized carbons (Fsp3) is 1.00. The van der Waals surface area contributed by atoms with Gasteiger partial charge >= 0.3 is 0 Å². The van der Waals surface area contributed by atoms with Crippen molar-refractivity contribution >= 4 is 7.82 Å². The second-order valence-electron chi connectivity index (χ2n) is 1.64. The number of aliphatic hydroxyl groups excluding tert-OH is 2. The molecule has 0 aromatic heterocycles. The summed E-state index contributed by atoms with van der Waals surface area (Å²) in [6.45, 7) is 1.42. The summed E-state index contributed by atoms with van der Waals surface area (Å²) in [6.07, 6.45) is 0. The first-order chi connectivity index (χ1) is 5.41. The van der Waals surface area contributed by atoms with Crippen LogP contribution in [0.1, 0.15) is 0 Å². The molecule has 0 aromatic rings. The number of quaternary nitrogens is 3. The topological polar surface area (TPSA) is 248 Å². The molecule has 100 valence electrons. The van der Waals surface area contributed by atoms with E-state index in [0.717, 1.165) is 0 Å². The lowest BCUT2D eigenvalue weighted by molar-refractivity contribution is -0.432. The van der Waals surface area contributed by atoms with Gasteiger partial charge in [0, 0.05) is 13.1 Å². The van der Waals surface area contributed by atoms with Crippen molar-refractivity contribution in [2.24, 2.45) is 0 Å². The molecule has 0 aromatic carbocycles. The van der Waals surface area contributed by atoms with Crippen molar-refractivity contribution in [1.82, 2.24) is 23.8 Å². The highest BCUT2D eigenvalue weighted by Gasteiger charge is 1.78. The molecule has 0 heterocycles. The summed E-state index contributed by atoms with van der Waals surface area (Å²) in [6, 6.07) is 0. The Bertz CT molecular complexity index is 120. The third-order valence-corrected chi connectivity index (χ3v) is 0.577. The molecule has 0 unspecified atom stereocenters. The van der Waals surface area contributed by atoms with E-state index in [2.05, 4.69) is 5.32 Å². The fourth-order valence-electron chi connectivity index (χ4n) is 0.283. The van der Waals surface area contributed by atoms with E-state index in [-0.39, 0.29) is 31.7 Å². The van der Waals surface area contributed by atoms with E-state index in [1.807, 2.05) is 0 Å². The normalized spacial score (nSPS) is 8.33. The SMILES string of the molecule is O=P([O-])([O-])[O-].OCCNCCO.[NH4+].[NH4+].[NH4+]. The maximum absolute atomic E-state index is 8.55. The molecule has 11 heteroatoms. The van der Waals surface area contributed by atoms with E-state index in [1.54, 1.807) is 0 Å². The van der Waals surface area contributed by atoms with Crippen LogP contribution in [0.15, 0.2) is 0 Å². The fourth-order valence-corrected chi connectivity index (χ4v) is 0.283. The van der Waals surface area contributed by atoms with Crippen molar-refractivity contribution in [2.45, 2.75) is 0 Å². The van der Waals surface area contributed by atoms with Crippen molar-refractivity contribution in [3.63, 3.8) is 0 Å². The van der Waals surface area contributed by atoms with Crippen LogP contribution < -0.4 is 38.4 Å². The lowest BCUT2D eigenvalue weighted by atomic mass is 10.6. The van der Waals surface area contributed by atoms with Gasteiger partial charge in [-0.3, -0.25) is 0 Å². The second kappa shape index (κ2) is 19.4. The Hall–Kier alpha value is -0.130. The molecule has 0 aliphatic carbocycles. The molecule has 0 saturated heterocycles. The molecule has 10 nitrogen and oxygen atoms in total. The quantitative estimate of drug-likeness (QED) is 0.222. The second-order valence-corrected chi connectivity index (χ2v) is 2.54. The first-order valence-corrected chi connectivity index (χ1v) is 4.53. The van der Waals surface area contributed by atoms with Gasteiger partial charge in [-0.2, -0.15) is 7.82 Å². The molecule has 15 heavy (non-hydrogen) atoms. The minimum absolute atomic E-state index is 0. The third-order valence-electron chi connectivity index (χ3n) is 0.577. The summed E-state index contributed by atoms with van der Waals surface area (Å²) in [5.74, 6) is 0. The van der Waals surface area contributed by atoms with Gasteiger partial charge in [0.25, 0.3) is 0 Å². The Morgan fingerprint density at radius 2 is 1.13 bits per heavy atom. The van der Waals surface area contributed by atoms with Gasteiger partial charge in [-0.05, 0) is 0 Å². The van der Waals surface area contributed by atoms with Crippen molar-refractivity contribution in [2.75, 3.05) is 26.3 Å². The zero-order valence-corrected chi connectivity index (χ0v) is 10.2. The summed E-state index contributed by atoms with van der Waals surface area (Å²) in [7, 11) is -5.39. The van der Waals surface area contributed by atoms with Crippen molar-refractivity contribution < 1.29 is 29.5 Å². The number of nitrogens with one attached hydrogen (secondary N) is 1. The predicted octanol–water partition coefficient (Wildman–Crippen LogP) is -3.14. The molecule has 0 rings (SSSR count). The van der Waals surface area contributed by atoms with Gasteiger partial charge in [-0.25, -0.2) is 0 Å². The van der Waals surface area contributed by atoms with Crippen LogP contribution in [0, 0.1) is 0 Å². The maximum atomic E-state index is 8.55. The van der Waals surface area contributed by atoms with Crippen LogP contribution in [-0.4, -0.2) is 36.5 Å². The predicted molar refractivity (Wildman–Crippen MR) is 52.6 cm³/mol. The van der Waals surface area contributed by atoms with Crippen LogP contribution in [0.25, 0.3) is 0 Å². The number of hydrogen-bond acceptors (Lipinski definition) is 7. The van der Waals surface area contributed by atoms with Gasteiger partial charge in [0.1, 0.15) is 0 Å². The van der Waals surface area contributed by atoms with E-state index >= 15 is 0 Å². The van der Waals surface area contributed by atoms with E-state index < -0.39 is 7.82 Å². The number of rotatable bonds is 4. The summed E-state index contributed by atoms with van der Waals surface area (Å²) in [4.78, 5) is 25.6. The molecule has 0 amide bonds. The molecular formula is C4H23N4O6P. The molecule has 15 N–H and O–H groups in total. The highest BCUT2D eigenvalue weighted by molar-refractivity contribution is 7.40. The van der Waals surface area contributed by atoms with Crippen molar-refractivity contribution in [3.05, 3.63) is 0 Å². The smallest absolute Gasteiger partial charge is 0.0555 e. The van der Waals surface area contributed by atoms with E-state index in [0.29, 0.717) is 13.1 Å². The van der Waals surface area contributed by atoms with E-state index in [4.69, 9.17) is 29.5 Å². The Morgan fingerprint density at radius 3 is 1.27 bits per heavy atom. The minimum Gasteiger partial charge on any atom is -0.822 e. The Morgan fingerprint density at radius 1 is 0.933 bits per heavy atom. The Labute approximate surface area is 88.3 Å². The monoisotopic (exact) mass is 254 g/mol. The van der Waals surface area contributed by atoms with Gasteiger partial charge < -0.3 is 53.2 Å². The average Bonchev–Trinajstić information content (AvgIpc) is 1.85. The lowest BCUT2D eigenvalue weighted by Crippen LogP contribution is -2.24. The van der Waals surface area contributed by atoms with Gasteiger partial charge in [-0.1, -0.05) is 0 Å². The van der Waals surface area contributed by atoms with Gasteiger partial charge in [0.15, 0.2) is 0 Å². The van der Waals surface area contributed by atoms with Crippen LogP contribution in [0.5, 0.6) is 0 Å². The summed E-state index contributed by atoms with van der Waals surface area (Å²) >= 11 is 0. The molecule has 0 atom stereocenters. The zero-order chi connectivity index (χ0) is 10.0. The van der Waals surface area contributed by atoms with Gasteiger partial charge in [0.2, 0.25) is 0 Å². The van der Waals surface area contributed by atoms with E-state index in [1.165, 1.54) is 0 Å². The summed E-state index contributed by atoms with van der Waals surface area (Å²) in [5, 5.41) is 19.1. The Balaban J connectivity index is -0.0000000383. The average molecular weight is 254 g/mol. The van der Waals surface area contributed by atoms with Crippen molar-refractivity contribution in [3.8, 4) is 0 Å². The molecule has 0 saturated carbocycles. The standard InChI is InChI=1S/C4H11NO2.3H3N.H3O4P/c6-3-1-5-2-4-7;;;;1-5(2,3)4/h5-7H,1-4H2;3*1H3;(H3,1,2,3,4). The highest BCUT2D eigenvalue weighted by Crippen LogP contribution is 2.03. The zero-order valence-electron chi connectivity index (χ0n) is 9.30. The first kappa shape index (κ1) is 29.4. The lowest BCUT2D eigenvalue weighted by Gasteiger charge is -2.36. The van der Waals surface area contributed by atoms with Crippen LogP contribution >= 0.6 is 7.82 Å². The highest BCUT2D eigenvalue weighted by atomic mass is 31.2. The largest absolute Gasteiger partial charge is 0.822 e. The molecule has 0 aliphatic heterocycles. The molecular weight excluding hydrogens is 231 g/mol. The van der Waals surface area contributed by atoms with E-state index in [9.17, 15) is 0 Å². The van der Waals surface area contributed by atoms with Crippen LogP contribution in [0.3, 0.4) is 0 Å². The third kappa shape index (κ3) is 130. The number of aliphatic hydroxyl groups is 2. The van der Waals surface area contributed by atoms with Gasteiger partial charge in [0.05, 0.1) is 13.2 Å².